The van der Waals surface area contributed by atoms with Crippen molar-refractivity contribution in [1.82, 2.24) is 10.2 Å². The van der Waals surface area contributed by atoms with Gasteiger partial charge in [-0.25, -0.2) is 8.42 Å². The lowest BCUT2D eigenvalue weighted by atomic mass is 10.0. The molecule has 0 heterocycles. The molecule has 0 unspecified atom stereocenters. The van der Waals surface area contributed by atoms with Crippen molar-refractivity contribution in [3.05, 3.63) is 130 Å². The fraction of sp³-hybridized carbons (Fsp3) is 0.297. The summed E-state index contributed by atoms with van der Waals surface area (Å²) in [4.78, 5) is 30.4. The summed E-state index contributed by atoms with van der Waals surface area (Å²) in [5.41, 5.74) is 3.98. The first-order chi connectivity index (χ1) is 22.1. The Labute approximate surface area is 280 Å². The summed E-state index contributed by atoms with van der Waals surface area (Å²) in [6, 6.07) is 30.1. The Balaban J connectivity index is 1.56. The summed E-state index contributed by atoms with van der Waals surface area (Å²) < 4.78 is 30.4. The minimum Gasteiger partial charge on any atom is -0.352 e. The maximum absolute atomic E-state index is 14.6. The van der Waals surface area contributed by atoms with Crippen LogP contribution in [0.1, 0.15) is 47.9 Å². The molecule has 4 aromatic rings. The molecule has 1 fully saturated rings. The lowest BCUT2D eigenvalue weighted by molar-refractivity contribution is -0.140. The zero-order valence-corrected chi connectivity index (χ0v) is 28.6. The van der Waals surface area contributed by atoms with E-state index in [1.807, 2.05) is 80.6 Å². The first-order valence-electron chi connectivity index (χ1n) is 15.6. The Morgan fingerprint density at radius 1 is 0.826 bits per heavy atom. The summed E-state index contributed by atoms with van der Waals surface area (Å²) in [7, 11) is -4.14. The number of halogens is 1. The van der Waals surface area contributed by atoms with E-state index in [9.17, 15) is 18.0 Å². The number of carbonyl (C=O) groups is 2. The third-order valence-electron chi connectivity index (χ3n) is 8.42. The number of sulfonamides is 1. The number of amides is 2. The molecule has 1 N–H and O–H groups in total. The van der Waals surface area contributed by atoms with Crippen LogP contribution < -0.4 is 9.62 Å². The molecule has 0 aliphatic heterocycles. The Kier molecular flexibility index (Phi) is 11.0. The van der Waals surface area contributed by atoms with Gasteiger partial charge in [-0.3, -0.25) is 13.9 Å². The molecule has 1 saturated carbocycles. The van der Waals surface area contributed by atoms with E-state index < -0.39 is 28.5 Å². The van der Waals surface area contributed by atoms with Gasteiger partial charge in [-0.2, -0.15) is 0 Å². The normalized spacial score (nSPS) is 14.1. The number of nitrogens with one attached hydrogen (secondary N) is 1. The monoisotopic (exact) mass is 701 g/mol. The van der Waals surface area contributed by atoms with Gasteiger partial charge in [0.2, 0.25) is 11.8 Å². The molecule has 0 saturated heterocycles. The van der Waals surface area contributed by atoms with Gasteiger partial charge in [-0.05, 0) is 74.2 Å². The number of nitrogens with zero attached hydrogens (tertiary/aromatic N) is 2. The Morgan fingerprint density at radius 3 is 2.07 bits per heavy atom. The third-order valence-corrected chi connectivity index (χ3v) is 10.7. The zero-order chi connectivity index (χ0) is 32.7. The number of anilines is 1. The fourth-order valence-corrected chi connectivity index (χ4v) is 7.69. The molecule has 0 aromatic heterocycles. The van der Waals surface area contributed by atoms with Gasteiger partial charge in [0, 0.05) is 23.5 Å². The van der Waals surface area contributed by atoms with E-state index in [-0.39, 0.29) is 29.8 Å². The van der Waals surface area contributed by atoms with Crippen LogP contribution in [0.3, 0.4) is 0 Å². The largest absolute Gasteiger partial charge is 0.352 e. The molecule has 240 valence electrons. The highest BCUT2D eigenvalue weighted by atomic mass is 79.9. The highest BCUT2D eigenvalue weighted by Gasteiger charge is 2.35. The molecule has 1 aliphatic carbocycles. The van der Waals surface area contributed by atoms with Crippen molar-refractivity contribution in [2.45, 2.75) is 69.5 Å². The van der Waals surface area contributed by atoms with E-state index in [2.05, 4.69) is 21.2 Å². The van der Waals surface area contributed by atoms with Gasteiger partial charge >= 0.3 is 0 Å². The summed E-state index contributed by atoms with van der Waals surface area (Å²) >= 11 is 3.53. The van der Waals surface area contributed by atoms with Gasteiger partial charge in [0.05, 0.1) is 10.6 Å². The molecule has 4 aromatic carbocycles. The molecule has 0 spiro atoms. The number of aryl methyl sites for hydroxylation is 2. The van der Waals surface area contributed by atoms with Crippen LogP contribution in [0.25, 0.3) is 0 Å². The fourth-order valence-electron chi connectivity index (χ4n) is 5.83. The van der Waals surface area contributed by atoms with Crippen LogP contribution >= 0.6 is 15.9 Å². The summed E-state index contributed by atoms with van der Waals surface area (Å²) in [5, 5.41) is 3.21. The Morgan fingerprint density at radius 2 is 1.43 bits per heavy atom. The van der Waals surface area contributed by atoms with Crippen molar-refractivity contribution in [2.75, 3.05) is 10.8 Å². The third kappa shape index (κ3) is 8.44. The molecule has 7 nitrogen and oxygen atoms in total. The van der Waals surface area contributed by atoms with Crippen molar-refractivity contribution < 1.29 is 18.0 Å². The minimum atomic E-state index is -4.14. The van der Waals surface area contributed by atoms with E-state index in [4.69, 9.17) is 0 Å². The van der Waals surface area contributed by atoms with Gasteiger partial charge in [0.25, 0.3) is 10.0 Å². The van der Waals surface area contributed by atoms with Crippen molar-refractivity contribution in [2.24, 2.45) is 0 Å². The van der Waals surface area contributed by atoms with Crippen LogP contribution in [-0.4, -0.2) is 43.8 Å². The van der Waals surface area contributed by atoms with Gasteiger partial charge in [-0.15, -0.1) is 0 Å². The molecule has 46 heavy (non-hydrogen) atoms. The van der Waals surface area contributed by atoms with Crippen molar-refractivity contribution >= 4 is 43.5 Å². The van der Waals surface area contributed by atoms with Crippen molar-refractivity contribution in [3.63, 3.8) is 0 Å². The van der Waals surface area contributed by atoms with Crippen molar-refractivity contribution in [3.8, 4) is 0 Å². The van der Waals surface area contributed by atoms with Gasteiger partial charge in [0.1, 0.15) is 12.6 Å². The standard InChI is InChI=1S/C37H40BrN3O4S/c1-27-15-19-33(20-16-27)41(46(44,45)34-21-17-28(2)18-22-34)26-36(42)40(25-30-11-8-12-31(38)23-30)35(24-29-9-4-3-5-10-29)37(43)39-32-13-6-7-14-32/h3-5,8-12,15-23,32,35H,6-7,13-14,24-26H2,1-2H3,(H,39,43)/t35-/m1/s1. The van der Waals surface area contributed by atoms with E-state index in [1.54, 1.807) is 41.3 Å². The smallest absolute Gasteiger partial charge is 0.264 e. The average Bonchev–Trinajstić information content (AvgIpc) is 3.55. The Bertz CT molecular complexity index is 1740. The average molecular weight is 703 g/mol. The highest BCUT2D eigenvalue weighted by Crippen LogP contribution is 2.26. The van der Waals surface area contributed by atoms with E-state index in [1.165, 1.54) is 0 Å². The first kappa shape index (κ1) is 33.4. The molecule has 1 aliphatic rings. The summed E-state index contributed by atoms with van der Waals surface area (Å²) in [5.74, 6) is -0.707. The number of hydrogen-bond donors (Lipinski definition) is 1. The second-order valence-corrected chi connectivity index (χ2v) is 14.8. The number of benzene rings is 4. The first-order valence-corrected chi connectivity index (χ1v) is 17.9. The second kappa shape index (κ2) is 15.1. The zero-order valence-electron chi connectivity index (χ0n) is 26.2. The second-order valence-electron chi connectivity index (χ2n) is 12.0. The molecule has 1 atom stereocenters. The molecule has 5 rings (SSSR count). The summed E-state index contributed by atoms with van der Waals surface area (Å²) in [6.45, 7) is 3.46. The van der Waals surface area contributed by atoms with Crippen LogP contribution in [0.15, 0.2) is 112 Å². The molecule has 0 bridgehead atoms. The number of carbonyl (C=O) groups excluding carboxylic acids is 2. The van der Waals surface area contributed by atoms with Gasteiger partial charge < -0.3 is 10.2 Å². The molecular formula is C37H40BrN3O4S. The highest BCUT2D eigenvalue weighted by molar-refractivity contribution is 9.10. The van der Waals surface area contributed by atoms with Crippen LogP contribution in [0.4, 0.5) is 5.69 Å². The number of rotatable bonds is 12. The lowest BCUT2D eigenvalue weighted by Gasteiger charge is -2.34. The lowest BCUT2D eigenvalue weighted by Crippen LogP contribution is -2.54. The Hall–Kier alpha value is -3.95. The van der Waals surface area contributed by atoms with E-state index in [0.29, 0.717) is 5.69 Å². The SMILES string of the molecule is Cc1ccc(N(CC(=O)N(Cc2cccc(Br)c2)[C@H](Cc2ccccc2)C(=O)NC2CCCC2)S(=O)(=O)c2ccc(C)cc2)cc1. The topological polar surface area (TPSA) is 86.8 Å². The van der Waals surface area contributed by atoms with Gasteiger partial charge in [-0.1, -0.05) is 107 Å². The summed E-state index contributed by atoms with van der Waals surface area (Å²) in [6.07, 6.45) is 4.20. The van der Waals surface area contributed by atoms with Crippen LogP contribution in [0, 0.1) is 13.8 Å². The predicted octanol–water partition coefficient (Wildman–Crippen LogP) is 6.96. The van der Waals surface area contributed by atoms with Crippen molar-refractivity contribution in [1.29, 1.82) is 0 Å². The quantitative estimate of drug-likeness (QED) is 0.173. The molecule has 9 heteroatoms. The van der Waals surface area contributed by atoms with Crippen LogP contribution in [0.2, 0.25) is 0 Å². The molecule has 2 amide bonds. The van der Waals surface area contributed by atoms with E-state index >= 15 is 0 Å². The maximum atomic E-state index is 14.6. The van der Waals surface area contributed by atoms with Crippen LogP contribution in [0.5, 0.6) is 0 Å². The molecular weight excluding hydrogens is 662 g/mol. The van der Waals surface area contributed by atoms with Gasteiger partial charge in [0.15, 0.2) is 0 Å². The predicted molar refractivity (Wildman–Crippen MR) is 186 cm³/mol. The minimum absolute atomic E-state index is 0.0552. The van der Waals surface area contributed by atoms with E-state index in [0.717, 1.165) is 56.7 Å². The maximum Gasteiger partial charge on any atom is 0.264 e. The number of hydrogen-bond acceptors (Lipinski definition) is 4. The molecule has 0 radical (unpaired) electrons. The van der Waals surface area contributed by atoms with Crippen LogP contribution in [-0.2, 0) is 32.6 Å².